The molecule has 0 bridgehead atoms. The zero-order valence-corrected chi connectivity index (χ0v) is 18.2. The van der Waals surface area contributed by atoms with E-state index in [4.69, 9.17) is 16.1 Å². The van der Waals surface area contributed by atoms with Crippen molar-refractivity contribution in [1.29, 1.82) is 0 Å². The third-order valence-electron chi connectivity index (χ3n) is 5.81. The molecule has 3 aliphatic rings. The lowest BCUT2D eigenvalue weighted by Crippen LogP contribution is -2.44. The normalized spacial score (nSPS) is 20.9. The third-order valence-corrected chi connectivity index (χ3v) is 6.06. The molecule has 0 N–H and O–H groups in total. The van der Waals surface area contributed by atoms with Crippen LogP contribution in [0.5, 0.6) is 11.5 Å². The first-order chi connectivity index (χ1) is 16.4. The molecule has 4 heterocycles. The summed E-state index contributed by atoms with van der Waals surface area (Å²) in [5.74, 6) is 0.140. The third kappa shape index (κ3) is 3.61. The predicted octanol–water partition coefficient (Wildman–Crippen LogP) is 3.93. The van der Waals surface area contributed by atoms with Crippen molar-refractivity contribution in [3.8, 4) is 23.0 Å². The van der Waals surface area contributed by atoms with Gasteiger partial charge in [-0.15, -0.1) is 8.78 Å². The van der Waals surface area contributed by atoms with E-state index in [1.807, 2.05) is 17.0 Å². The molecule has 1 unspecified atom stereocenters. The average Bonchev–Trinajstić information content (AvgIpc) is 3.57. The Kier molecular flexibility index (Phi) is 4.70. The minimum atomic E-state index is -3.72. The first kappa shape index (κ1) is 20.8. The van der Waals surface area contributed by atoms with Gasteiger partial charge in [0, 0.05) is 29.1 Å². The first-order valence-corrected chi connectivity index (χ1v) is 10.9. The predicted molar refractivity (Wildman–Crippen MR) is 116 cm³/mol. The maximum absolute atomic E-state index is 13.3. The molecule has 0 saturated carbocycles. The minimum Gasteiger partial charge on any atom is -0.395 e. The molecule has 174 valence electrons. The van der Waals surface area contributed by atoms with Crippen LogP contribution >= 0.6 is 11.6 Å². The maximum Gasteiger partial charge on any atom is 0.586 e. The summed E-state index contributed by atoms with van der Waals surface area (Å²) in [6.07, 6.45) is -2.43. The molecule has 9 nitrogen and oxygen atoms in total. The van der Waals surface area contributed by atoms with Crippen LogP contribution in [0.1, 0.15) is 18.4 Å². The molecular formula is C22H16ClF2N5O4. The molecule has 2 aromatic carbocycles. The lowest BCUT2D eigenvalue weighted by Gasteiger charge is -2.25. The van der Waals surface area contributed by atoms with E-state index in [9.17, 15) is 13.6 Å². The summed E-state index contributed by atoms with van der Waals surface area (Å²) in [6.45, 7) is 0.985. The monoisotopic (exact) mass is 487 g/mol. The van der Waals surface area contributed by atoms with Crippen LogP contribution in [0.3, 0.4) is 0 Å². The number of hydrazone groups is 1. The highest BCUT2D eigenvalue weighted by molar-refractivity contribution is 6.30. The number of anilines is 1. The van der Waals surface area contributed by atoms with Gasteiger partial charge in [0.05, 0.1) is 18.3 Å². The maximum atomic E-state index is 13.3. The topological polar surface area (TPSA) is 93.3 Å². The van der Waals surface area contributed by atoms with Gasteiger partial charge in [-0.05, 0) is 41.9 Å². The van der Waals surface area contributed by atoms with Crippen LogP contribution in [-0.4, -0.2) is 52.1 Å². The summed E-state index contributed by atoms with van der Waals surface area (Å²) in [4.78, 5) is 18.7. The second kappa shape index (κ2) is 7.66. The fourth-order valence-corrected chi connectivity index (χ4v) is 4.38. The molecule has 3 aromatic rings. The van der Waals surface area contributed by atoms with E-state index in [1.165, 1.54) is 18.2 Å². The summed E-state index contributed by atoms with van der Waals surface area (Å²) in [5, 5.41) is 10.9. The fraction of sp³-hybridized carbons (Fsp3) is 0.273. The number of halogens is 3. The van der Waals surface area contributed by atoms with E-state index in [1.54, 1.807) is 17.1 Å². The summed E-state index contributed by atoms with van der Waals surface area (Å²) in [7, 11) is 0. The number of carbonyl (C=O) groups excluding carboxylic acids is 1. The largest absolute Gasteiger partial charge is 0.586 e. The highest BCUT2D eigenvalue weighted by atomic mass is 35.5. The molecule has 1 fully saturated rings. The number of fused-ring (bicyclic) bond motifs is 1. The molecule has 1 saturated heterocycles. The van der Waals surface area contributed by atoms with Crippen LogP contribution < -0.4 is 14.5 Å². The minimum absolute atomic E-state index is 0.0690. The van der Waals surface area contributed by atoms with Gasteiger partial charge in [0.25, 0.3) is 11.8 Å². The number of ether oxygens (including phenoxy) is 2. The molecule has 6 rings (SSSR count). The Morgan fingerprint density at radius 1 is 1.06 bits per heavy atom. The van der Waals surface area contributed by atoms with Gasteiger partial charge in [-0.1, -0.05) is 23.7 Å². The summed E-state index contributed by atoms with van der Waals surface area (Å²) < 4.78 is 40.9. The second-order valence-electron chi connectivity index (χ2n) is 8.01. The van der Waals surface area contributed by atoms with Crippen molar-refractivity contribution >= 4 is 29.2 Å². The number of rotatable bonds is 4. The Balaban J connectivity index is 1.30. The van der Waals surface area contributed by atoms with Crippen molar-refractivity contribution < 1.29 is 27.6 Å². The van der Waals surface area contributed by atoms with E-state index in [0.717, 1.165) is 12.0 Å². The van der Waals surface area contributed by atoms with Gasteiger partial charge in [-0.25, -0.2) is 5.01 Å². The number of hydrogen-bond donors (Lipinski definition) is 0. The first-order valence-electron chi connectivity index (χ1n) is 10.5. The number of carbonyl (C=O) groups is 1. The molecule has 0 spiro atoms. The van der Waals surface area contributed by atoms with Crippen LogP contribution in [0.2, 0.25) is 5.02 Å². The van der Waals surface area contributed by atoms with Gasteiger partial charge in [0.1, 0.15) is 0 Å². The van der Waals surface area contributed by atoms with Gasteiger partial charge in [0.15, 0.2) is 11.5 Å². The number of amides is 1. The number of nitrogens with zero attached hydrogens (tertiary/aromatic N) is 5. The van der Waals surface area contributed by atoms with E-state index in [2.05, 4.69) is 24.7 Å². The zero-order valence-electron chi connectivity index (χ0n) is 17.5. The molecule has 0 aliphatic carbocycles. The Hall–Kier alpha value is -3.73. The number of hydrogen-bond acceptors (Lipinski definition) is 8. The Morgan fingerprint density at radius 2 is 1.82 bits per heavy atom. The van der Waals surface area contributed by atoms with Crippen LogP contribution in [-0.2, 0) is 4.79 Å². The highest BCUT2D eigenvalue weighted by Gasteiger charge is 2.44. The summed E-state index contributed by atoms with van der Waals surface area (Å²) >= 11 is 6.04. The van der Waals surface area contributed by atoms with Gasteiger partial charge in [0.2, 0.25) is 5.91 Å². The zero-order chi connectivity index (χ0) is 23.4. The second-order valence-corrected chi connectivity index (χ2v) is 8.45. The number of likely N-dealkylation sites (tertiary alicyclic amines) is 1. The summed E-state index contributed by atoms with van der Waals surface area (Å²) in [6, 6.07) is 11.1. The van der Waals surface area contributed by atoms with Crippen LogP contribution in [0.4, 0.5) is 14.7 Å². The van der Waals surface area contributed by atoms with Crippen LogP contribution in [0, 0.1) is 0 Å². The standard InChI is InChI=1S/C22H16ClF2N5O4/c23-14-6-3-12(4-7-14)19-15(29-9-1-2-18(29)31)11-30(27-19)21-26-20(34-28-21)13-5-8-16-17(10-13)33-22(24,25)32-16/h3-8,10,15H,1-2,9,11H2. The molecule has 1 atom stereocenters. The number of aromatic nitrogens is 2. The average molecular weight is 488 g/mol. The van der Waals surface area contributed by atoms with E-state index in [-0.39, 0.29) is 35.3 Å². The van der Waals surface area contributed by atoms with E-state index < -0.39 is 6.29 Å². The number of benzene rings is 2. The van der Waals surface area contributed by atoms with Crippen molar-refractivity contribution in [2.45, 2.75) is 25.2 Å². The van der Waals surface area contributed by atoms with Crippen molar-refractivity contribution in [2.24, 2.45) is 5.10 Å². The quantitative estimate of drug-likeness (QED) is 0.550. The van der Waals surface area contributed by atoms with Crippen molar-refractivity contribution in [2.75, 3.05) is 18.1 Å². The molecule has 3 aliphatic heterocycles. The van der Waals surface area contributed by atoms with Gasteiger partial charge >= 0.3 is 6.29 Å². The fourth-order valence-electron chi connectivity index (χ4n) is 4.25. The SMILES string of the molecule is O=C1CCCN1C1CN(c2noc(-c3ccc4c(c3)OC(F)(F)O4)n2)N=C1c1ccc(Cl)cc1. The Morgan fingerprint density at radius 3 is 2.59 bits per heavy atom. The molecular weight excluding hydrogens is 472 g/mol. The molecule has 1 aromatic heterocycles. The van der Waals surface area contributed by atoms with E-state index >= 15 is 0 Å². The van der Waals surface area contributed by atoms with Gasteiger partial charge < -0.3 is 18.9 Å². The highest BCUT2D eigenvalue weighted by Crippen LogP contribution is 2.43. The smallest absolute Gasteiger partial charge is 0.395 e. The van der Waals surface area contributed by atoms with Crippen molar-refractivity contribution in [3.05, 3.63) is 53.1 Å². The molecule has 1 amide bonds. The molecule has 0 radical (unpaired) electrons. The van der Waals surface area contributed by atoms with Crippen LogP contribution in [0.15, 0.2) is 52.1 Å². The Labute approximate surface area is 196 Å². The van der Waals surface area contributed by atoms with Gasteiger partial charge in [-0.3, -0.25) is 4.79 Å². The van der Waals surface area contributed by atoms with E-state index in [0.29, 0.717) is 35.8 Å². The molecule has 12 heteroatoms. The van der Waals surface area contributed by atoms with Crippen molar-refractivity contribution in [1.82, 2.24) is 15.0 Å². The van der Waals surface area contributed by atoms with Crippen molar-refractivity contribution in [3.63, 3.8) is 0 Å². The van der Waals surface area contributed by atoms with Gasteiger partial charge in [-0.2, -0.15) is 10.1 Å². The van der Waals surface area contributed by atoms with Crippen LogP contribution in [0.25, 0.3) is 11.5 Å². The summed E-state index contributed by atoms with van der Waals surface area (Å²) in [5.41, 5.74) is 1.91. The molecule has 34 heavy (non-hydrogen) atoms. The lowest BCUT2D eigenvalue weighted by atomic mass is 10.0. The lowest BCUT2D eigenvalue weighted by molar-refractivity contribution is -0.286. The number of alkyl halides is 2. The Bertz CT molecular complexity index is 1310.